The third-order valence-corrected chi connectivity index (χ3v) is 2.95. The van der Waals surface area contributed by atoms with Gasteiger partial charge in [0.25, 0.3) is 5.91 Å². The van der Waals surface area contributed by atoms with Gasteiger partial charge in [-0.1, -0.05) is 12.1 Å². The normalized spacial score (nSPS) is 12.2. The molecule has 1 amide bonds. The molecular formula is C12H12FN3O2S. The fourth-order valence-corrected chi connectivity index (χ4v) is 2.05. The standard InChI is InChI=1S/C12H12FN3O2S/c1-7(17)6-10-14-12(19-16-10)15-11(18)8-4-2-3-5-9(8)13/h2-5,7,17H,6H2,1H3,(H,14,15,16,18). The molecule has 0 saturated carbocycles. The molecule has 5 nitrogen and oxygen atoms in total. The second kappa shape index (κ2) is 5.85. The molecule has 0 aliphatic heterocycles. The van der Waals surface area contributed by atoms with Gasteiger partial charge in [-0.3, -0.25) is 10.1 Å². The number of aromatic nitrogens is 2. The third kappa shape index (κ3) is 3.55. The maximum absolute atomic E-state index is 13.4. The smallest absolute Gasteiger partial charge is 0.260 e. The summed E-state index contributed by atoms with van der Waals surface area (Å²) >= 11 is 0.994. The summed E-state index contributed by atoms with van der Waals surface area (Å²) in [7, 11) is 0. The highest BCUT2D eigenvalue weighted by Gasteiger charge is 2.14. The van der Waals surface area contributed by atoms with E-state index >= 15 is 0 Å². The van der Waals surface area contributed by atoms with Gasteiger partial charge in [-0.05, 0) is 19.1 Å². The summed E-state index contributed by atoms with van der Waals surface area (Å²) in [5, 5.41) is 12.0. The van der Waals surface area contributed by atoms with Crippen LogP contribution in [0.4, 0.5) is 9.52 Å². The molecule has 7 heteroatoms. The summed E-state index contributed by atoms with van der Waals surface area (Å²) in [6.45, 7) is 1.62. The summed E-state index contributed by atoms with van der Waals surface area (Å²) in [5.74, 6) is -0.713. The average Bonchev–Trinajstić information content (AvgIpc) is 2.76. The molecule has 0 fully saturated rings. The van der Waals surface area contributed by atoms with E-state index in [1.807, 2.05) is 0 Å². The lowest BCUT2D eigenvalue weighted by Gasteiger charge is -2.02. The summed E-state index contributed by atoms with van der Waals surface area (Å²) < 4.78 is 17.4. The van der Waals surface area contributed by atoms with Gasteiger partial charge >= 0.3 is 0 Å². The van der Waals surface area contributed by atoms with E-state index in [2.05, 4.69) is 14.7 Å². The Morgan fingerprint density at radius 1 is 1.53 bits per heavy atom. The Kier molecular flexibility index (Phi) is 4.18. The molecule has 19 heavy (non-hydrogen) atoms. The van der Waals surface area contributed by atoms with Gasteiger partial charge in [0, 0.05) is 18.0 Å². The Bertz CT molecular complexity index is 586. The molecule has 0 saturated heterocycles. The van der Waals surface area contributed by atoms with Gasteiger partial charge in [-0.25, -0.2) is 9.37 Å². The van der Waals surface area contributed by atoms with Crippen molar-refractivity contribution in [2.75, 3.05) is 5.32 Å². The molecule has 1 aromatic heterocycles. The summed E-state index contributed by atoms with van der Waals surface area (Å²) in [4.78, 5) is 15.8. The second-order valence-corrected chi connectivity index (χ2v) is 4.75. The van der Waals surface area contributed by atoms with Crippen LogP contribution in [0.3, 0.4) is 0 Å². The van der Waals surface area contributed by atoms with E-state index in [1.165, 1.54) is 18.2 Å². The molecule has 2 N–H and O–H groups in total. The molecule has 0 bridgehead atoms. The zero-order valence-corrected chi connectivity index (χ0v) is 10.9. The van der Waals surface area contributed by atoms with Crippen molar-refractivity contribution < 1.29 is 14.3 Å². The number of benzene rings is 1. The van der Waals surface area contributed by atoms with Crippen LogP contribution in [0, 0.1) is 5.82 Å². The fourth-order valence-electron chi connectivity index (χ4n) is 1.46. The molecular weight excluding hydrogens is 269 g/mol. The molecule has 1 aromatic carbocycles. The van der Waals surface area contributed by atoms with Crippen LogP contribution < -0.4 is 5.32 Å². The van der Waals surface area contributed by atoms with Gasteiger partial charge in [-0.2, -0.15) is 4.37 Å². The van der Waals surface area contributed by atoms with Crippen molar-refractivity contribution in [2.24, 2.45) is 0 Å². The number of nitrogens with one attached hydrogen (secondary N) is 1. The van der Waals surface area contributed by atoms with Crippen molar-refractivity contribution in [2.45, 2.75) is 19.4 Å². The molecule has 0 aliphatic carbocycles. The number of halogens is 1. The predicted molar refractivity (Wildman–Crippen MR) is 69.6 cm³/mol. The average molecular weight is 281 g/mol. The number of aliphatic hydroxyl groups is 1. The highest BCUT2D eigenvalue weighted by Crippen LogP contribution is 2.15. The lowest BCUT2D eigenvalue weighted by atomic mass is 10.2. The molecule has 2 rings (SSSR count). The molecule has 2 aromatic rings. The zero-order chi connectivity index (χ0) is 13.8. The maximum Gasteiger partial charge on any atom is 0.260 e. The van der Waals surface area contributed by atoms with Crippen LogP contribution in [-0.4, -0.2) is 26.5 Å². The highest BCUT2D eigenvalue weighted by molar-refractivity contribution is 7.09. The number of aliphatic hydroxyl groups excluding tert-OH is 1. The van der Waals surface area contributed by atoms with Crippen LogP contribution in [0.25, 0.3) is 0 Å². The van der Waals surface area contributed by atoms with Crippen molar-refractivity contribution >= 4 is 22.6 Å². The fraction of sp³-hybridized carbons (Fsp3) is 0.250. The topological polar surface area (TPSA) is 75.1 Å². The molecule has 1 heterocycles. The first-order chi connectivity index (χ1) is 9.06. The summed E-state index contributed by atoms with van der Waals surface area (Å²) in [6, 6.07) is 5.70. The molecule has 0 aliphatic rings. The van der Waals surface area contributed by atoms with Crippen molar-refractivity contribution in [3.8, 4) is 0 Å². The largest absolute Gasteiger partial charge is 0.393 e. The Morgan fingerprint density at radius 2 is 2.26 bits per heavy atom. The number of amides is 1. The van der Waals surface area contributed by atoms with Crippen LogP contribution in [0.5, 0.6) is 0 Å². The van der Waals surface area contributed by atoms with Crippen LogP contribution in [0.1, 0.15) is 23.1 Å². The van der Waals surface area contributed by atoms with Gasteiger partial charge in [-0.15, -0.1) is 0 Å². The number of rotatable bonds is 4. The van der Waals surface area contributed by atoms with Crippen molar-refractivity contribution in [1.29, 1.82) is 0 Å². The molecule has 1 atom stereocenters. The maximum atomic E-state index is 13.4. The first-order valence-corrected chi connectivity index (χ1v) is 6.40. The van der Waals surface area contributed by atoms with Crippen LogP contribution in [0.2, 0.25) is 0 Å². The van der Waals surface area contributed by atoms with Crippen LogP contribution in [0.15, 0.2) is 24.3 Å². The zero-order valence-electron chi connectivity index (χ0n) is 10.1. The Hall–Kier alpha value is -1.86. The minimum absolute atomic E-state index is 0.0465. The predicted octanol–water partition coefficient (Wildman–Crippen LogP) is 1.85. The number of carbonyl (C=O) groups excluding carboxylic acids is 1. The van der Waals surface area contributed by atoms with Crippen molar-refractivity contribution in [1.82, 2.24) is 9.36 Å². The summed E-state index contributed by atoms with van der Waals surface area (Å²) in [5.41, 5.74) is -0.0465. The van der Waals surface area contributed by atoms with Crippen molar-refractivity contribution in [3.63, 3.8) is 0 Å². The van der Waals surface area contributed by atoms with Gasteiger partial charge in [0.2, 0.25) is 5.13 Å². The van der Waals surface area contributed by atoms with E-state index < -0.39 is 17.8 Å². The summed E-state index contributed by atoms with van der Waals surface area (Å²) in [6.07, 6.45) is -0.240. The molecule has 0 spiro atoms. The van der Waals surface area contributed by atoms with E-state index in [0.29, 0.717) is 12.2 Å². The monoisotopic (exact) mass is 281 g/mol. The van der Waals surface area contributed by atoms with Gasteiger partial charge in [0.1, 0.15) is 11.6 Å². The minimum Gasteiger partial charge on any atom is -0.393 e. The van der Waals surface area contributed by atoms with Crippen LogP contribution >= 0.6 is 11.5 Å². The molecule has 100 valence electrons. The first kappa shape index (κ1) is 13.6. The van der Waals surface area contributed by atoms with Gasteiger partial charge in [0.15, 0.2) is 0 Å². The number of hydrogen-bond acceptors (Lipinski definition) is 5. The van der Waals surface area contributed by atoms with Crippen LogP contribution in [-0.2, 0) is 6.42 Å². The van der Waals surface area contributed by atoms with E-state index in [1.54, 1.807) is 13.0 Å². The van der Waals surface area contributed by atoms with E-state index in [4.69, 9.17) is 0 Å². The number of anilines is 1. The lowest BCUT2D eigenvalue weighted by molar-refractivity contribution is 0.102. The Balaban J connectivity index is 2.07. The Morgan fingerprint density at radius 3 is 2.95 bits per heavy atom. The Labute approximate surface area is 113 Å². The second-order valence-electron chi connectivity index (χ2n) is 4.00. The van der Waals surface area contributed by atoms with Gasteiger partial charge in [0.05, 0.1) is 11.7 Å². The van der Waals surface area contributed by atoms with E-state index in [-0.39, 0.29) is 10.7 Å². The number of hydrogen-bond donors (Lipinski definition) is 2. The number of nitrogens with zero attached hydrogens (tertiary/aromatic N) is 2. The minimum atomic E-state index is -0.589. The van der Waals surface area contributed by atoms with Crippen molar-refractivity contribution in [3.05, 3.63) is 41.5 Å². The molecule has 0 radical (unpaired) electrons. The number of carbonyl (C=O) groups is 1. The highest BCUT2D eigenvalue weighted by atomic mass is 32.1. The molecule has 1 unspecified atom stereocenters. The van der Waals surface area contributed by atoms with E-state index in [9.17, 15) is 14.3 Å². The van der Waals surface area contributed by atoms with E-state index in [0.717, 1.165) is 11.5 Å². The lowest BCUT2D eigenvalue weighted by Crippen LogP contribution is -2.13. The SMILES string of the molecule is CC(O)Cc1nsc(NC(=O)c2ccccc2F)n1. The third-order valence-electron chi connectivity index (χ3n) is 2.29. The first-order valence-electron chi connectivity index (χ1n) is 5.63. The van der Waals surface area contributed by atoms with Gasteiger partial charge < -0.3 is 5.11 Å². The quantitative estimate of drug-likeness (QED) is 0.897.